The van der Waals surface area contributed by atoms with Crippen LogP contribution in [0.1, 0.15) is 11.1 Å². The van der Waals surface area contributed by atoms with Crippen LogP contribution in [0.3, 0.4) is 0 Å². The Morgan fingerprint density at radius 3 is 2.23 bits per heavy atom. The molecule has 2 aromatic rings. The summed E-state index contributed by atoms with van der Waals surface area (Å²) in [5, 5.41) is 0. The van der Waals surface area contributed by atoms with E-state index in [9.17, 15) is 4.79 Å². The average Bonchev–Trinajstić information content (AvgIpc) is 2.59. The minimum absolute atomic E-state index is 0.308. The van der Waals surface area contributed by atoms with Crippen molar-refractivity contribution in [1.29, 1.82) is 0 Å². The van der Waals surface area contributed by atoms with Crippen molar-refractivity contribution in [2.24, 2.45) is 0 Å². The van der Waals surface area contributed by atoms with E-state index in [2.05, 4.69) is 0 Å². The fourth-order valence-corrected chi connectivity index (χ4v) is 2.22. The van der Waals surface area contributed by atoms with Gasteiger partial charge in [0.2, 0.25) is 0 Å². The number of nitrogens with zero attached hydrogens (tertiary/aromatic N) is 1. The van der Waals surface area contributed by atoms with E-state index in [0.29, 0.717) is 13.1 Å². The molecule has 0 aliphatic heterocycles. The molecule has 0 radical (unpaired) electrons. The predicted octanol–water partition coefficient (Wildman–Crippen LogP) is 3.51. The molecule has 0 fully saturated rings. The predicted molar refractivity (Wildman–Crippen MR) is 86.0 cm³/mol. The number of ether oxygens (including phenoxy) is 2. The molecule has 0 saturated heterocycles. The molecule has 0 atom stereocenters. The van der Waals surface area contributed by atoms with Crippen molar-refractivity contribution < 1.29 is 14.3 Å². The minimum Gasteiger partial charge on any atom is -0.497 e. The Labute approximate surface area is 131 Å². The van der Waals surface area contributed by atoms with Crippen molar-refractivity contribution in [1.82, 2.24) is 4.90 Å². The van der Waals surface area contributed by atoms with E-state index in [-0.39, 0.29) is 6.09 Å². The smallest absolute Gasteiger partial charge is 0.409 e. The molecule has 0 heterocycles. The van der Waals surface area contributed by atoms with Gasteiger partial charge in [-0.3, -0.25) is 0 Å². The van der Waals surface area contributed by atoms with Gasteiger partial charge in [-0.25, -0.2) is 4.79 Å². The lowest BCUT2D eigenvalue weighted by atomic mass is 10.1. The molecule has 4 nitrogen and oxygen atoms in total. The molecule has 0 saturated carbocycles. The molecule has 116 valence electrons. The maximum absolute atomic E-state index is 11.9. The number of carbonyl (C=O) groups is 1. The van der Waals surface area contributed by atoms with Crippen LogP contribution in [0.5, 0.6) is 5.75 Å². The van der Waals surface area contributed by atoms with Gasteiger partial charge in [0.15, 0.2) is 0 Å². The van der Waals surface area contributed by atoms with E-state index in [0.717, 1.165) is 23.3 Å². The van der Waals surface area contributed by atoms with Gasteiger partial charge in [0, 0.05) is 13.1 Å². The van der Waals surface area contributed by atoms with Gasteiger partial charge < -0.3 is 14.4 Å². The van der Waals surface area contributed by atoms with Crippen LogP contribution in [0.4, 0.5) is 4.79 Å². The summed E-state index contributed by atoms with van der Waals surface area (Å²) in [5.41, 5.74) is 2.24. The summed E-state index contributed by atoms with van der Waals surface area (Å²) >= 11 is 0. The summed E-state index contributed by atoms with van der Waals surface area (Å²) in [6.07, 6.45) is 0.462. The van der Waals surface area contributed by atoms with Gasteiger partial charge in [-0.05, 0) is 29.7 Å². The quantitative estimate of drug-likeness (QED) is 0.819. The van der Waals surface area contributed by atoms with Crippen molar-refractivity contribution in [2.45, 2.75) is 13.0 Å². The summed E-state index contributed by atoms with van der Waals surface area (Å²) in [6, 6.07) is 17.8. The molecule has 0 bridgehead atoms. The van der Waals surface area contributed by atoms with E-state index in [1.165, 1.54) is 7.11 Å². The number of hydrogen-bond acceptors (Lipinski definition) is 3. The molecular weight excluding hydrogens is 278 g/mol. The monoisotopic (exact) mass is 299 g/mol. The summed E-state index contributed by atoms with van der Waals surface area (Å²) in [5.74, 6) is 0.831. The maximum Gasteiger partial charge on any atom is 0.409 e. The zero-order valence-electron chi connectivity index (χ0n) is 13.0. The van der Waals surface area contributed by atoms with Crippen molar-refractivity contribution in [2.75, 3.05) is 20.8 Å². The van der Waals surface area contributed by atoms with Gasteiger partial charge in [-0.2, -0.15) is 0 Å². The van der Waals surface area contributed by atoms with E-state index in [4.69, 9.17) is 9.47 Å². The number of hydrogen-bond donors (Lipinski definition) is 0. The normalized spacial score (nSPS) is 10.1. The fourth-order valence-electron chi connectivity index (χ4n) is 2.22. The summed E-state index contributed by atoms with van der Waals surface area (Å²) < 4.78 is 10.0. The highest BCUT2D eigenvalue weighted by Crippen LogP contribution is 2.13. The topological polar surface area (TPSA) is 38.8 Å². The van der Waals surface area contributed by atoms with Crippen LogP contribution < -0.4 is 4.74 Å². The molecule has 1 amide bonds. The molecule has 0 aliphatic carbocycles. The highest BCUT2D eigenvalue weighted by molar-refractivity contribution is 5.67. The standard InChI is InChI=1S/C18H21NO3/c1-21-17-10-8-15(9-11-17)12-13-19(18(20)22-2)14-16-6-4-3-5-7-16/h3-11H,12-14H2,1-2H3. The summed E-state index contributed by atoms with van der Waals surface area (Å²) in [4.78, 5) is 13.6. The molecule has 0 N–H and O–H groups in total. The minimum atomic E-state index is -0.308. The second-order valence-corrected chi connectivity index (χ2v) is 4.98. The molecule has 0 spiro atoms. The molecule has 0 aliphatic rings. The van der Waals surface area contributed by atoms with Crippen LogP contribution in [0, 0.1) is 0 Å². The van der Waals surface area contributed by atoms with Crippen LogP contribution in [-0.4, -0.2) is 31.8 Å². The number of methoxy groups -OCH3 is 2. The van der Waals surface area contributed by atoms with Gasteiger partial charge in [-0.15, -0.1) is 0 Å². The first-order valence-corrected chi connectivity index (χ1v) is 7.22. The Hall–Kier alpha value is -2.49. The molecule has 22 heavy (non-hydrogen) atoms. The lowest BCUT2D eigenvalue weighted by Crippen LogP contribution is -2.32. The number of rotatable bonds is 6. The van der Waals surface area contributed by atoms with Crippen LogP contribution >= 0.6 is 0 Å². The maximum atomic E-state index is 11.9. The molecule has 2 aromatic carbocycles. The van der Waals surface area contributed by atoms with Crippen molar-refractivity contribution in [3.8, 4) is 5.75 Å². The van der Waals surface area contributed by atoms with Gasteiger partial charge >= 0.3 is 6.09 Å². The molecule has 0 aromatic heterocycles. The Morgan fingerprint density at radius 2 is 1.64 bits per heavy atom. The second-order valence-electron chi connectivity index (χ2n) is 4.98. The average molecular weight is 299 g/mol. The summed E-state index contributed by atoms with van der Waals surface area (Å²) in [6.45, 7) is 1.15. The first kappa shape index (κ1) is 15.9. The van der Waals surface area contributed by atoms with Crippen LogP contribution in [-0.2, 0) is 17.7 Å². The number of amides is 1. The third kappa shape index (κ3) is 4.52. The van der Waals surface area contributed by atoms with E-state index >= 15 is 0 Å². The summed E-state index contributed by atoms with van der Waals surface area (Å²) in [7, 11) is 3.06. The second kappa shape index (κ2) is 8.08. The van der Waals surface area contributed by atoms with Crippen molar-refractivity contribution in [3.05, 3.63) is 65.7 Å². The highest BCUT2D eigenvalue weighted by Gasteiger charge is 2.14. The number of carbonyl (C=O) groups excluding carboxylic acids is 1. The molecule has 0 unspecified atom stereocenters. The van der Waals surface area contributed by atoms with E-state index < -0.39 is 0 Å². The van der Waals surface area contributed by atoms with Gasteiger partial charge in [0.1, 0.15) is 5.75 Å². The zero-order chi connectivity index (χ0) is 15.8. The lowest BCUT2D eigenvalue weighted by Gasteiger charge is -2.21. The van der Waals surface area contributed by atoms with Crippen LogP contribution in [0.2, 0.25) is 0 Å². The molecule has 4 heteroatoms. The fraction of sp³-hybridized carbons (Fsp3) is 0.278. The molecule has 2 rings (SSSR count). The van der Waals surface area contributed by atoms with E-state index in [1.807, 2.05) is 54.6 Å². The Kier molecular flexibility index (Phi) is 5.83. The Balaban J connectivity index is 1.98. The Bertz CT molecular complexity index is 581. The first-order chi connectivity index (χ1) is 10.7. The van der Waals surface area contributed by atoms with Crippen LogP contribution in [0.25, 0.3) is 0 Å². The first-order valence-electron chi connectivity index (χ1n) is 7.22. The van der Waals surface area contributed by atoms with Crippen molar-refractivity contribution >= 4 is 6.09 Å². The lowest BCUT2D eigenvalue weighted by molar-refractivity contribution is 0.121. The highest BCUT2D eigenvalue weighted by atomic mass is 16.5. The van der Waals surface area contributed by atoms with Gasteiger partial charge in [0.05, 0.1) is 14.2 Å². The third-order valence-corrected chi connectivity index (χ3v) is 3.48. The largest absolute Gasteiger partial charge is 0.497 e. The van der Waals surface area contributed by atoms with Crippen LogP contribution in [0.15, 0.2) is 54.6 Å². The number of benzene rings is 2. The van der Waals surface area contributed by atoms with Gasteiger partial charge in [0.25, 0.3) is 0 Å². The van der Waals surface area contributed by atoms with E-state index in [1.54, 1.807) is 12.0 Å². The third-order valence-electron chi connectivity index (χ3n) is 3.48. The Morgan fingerprint density at radius 1 is 0.955 bits per heavy atom. The van der Waals surface area contributed by atoms with Gasteiger partial charge in [-0.1, -0.05) is 42.5 Å². The molecular formula is C18H21NO3. The zero-order valence-corrected chi connectivity index (χ0v) is 13.0. The SMILES string of the molecule is COC(=O)N(CCc1ccc(OC)cc1)Cc1ccccc1. The van der Waals surface area contributed by atoms with Crippen molar-refractivity contribution in [3.63, 3.8) is 0 Å².